The molecule has 0 fully saturated rings. The summed E-state index contributed by atoms with van der Waals surface area (Å²) in [5, 5.41) is 38.3. The molecule has 0 aliphatic heterocycles. The predicted molar refractivity (Wildman–Crippen MR) is 95.3 cm³/mol. The SMILES string of the molecule is CC(C)(CO)CCC[C@H](O)CCC[C@H](O)CCCC(C)(C)CO. The lowest BCUT2D eigenvalue weighted by Crippen LogP contribution is -2.18. The van der Waals surface area contributed by atoms with Crippen molar-refractivity contribution in [3.63, 3.8) is 0 Å². The molecule has 0 aromatic heterocycles. The third-order valence-corrected chi connectivity index (χ3v) is 4.71. The van der Waals surface area contributed by atoms with Crippen LogP contribution in [0.15, 0.2) is 0 Å². The number of aliphatic hydroxyl groups is 4. The summed E-state index contributed by atoms with van der Waals surface area (Å²) in [5.74, 6) is 0. The number of hydrogen-bond acceptors (Lipinski definition) is 4. The molecule has 0 radical (unpaired) electrons. The quantitative estimate of drug-likeness (QED) is 0.393. The molecule has 0 amide bonds. The van der Waals surface area contributed by atoms with Crippen molar-refractivity contribution in [3.05, 3.63) is 0 Å². The molecule has 0 aliphatic rings. The lowest BCUT2D eigenvalue weighted by molar-refractivity contribution is 0.105. The summed E-state index contributed by atoms with van der Waals surface area (Å²) >= 11 is 0. The van der Waals surface area contributed by atoms with Crippen LogP contribution in [0.1, 0.15) is 85.5 Å². The molecule has 0 unspecified atom stereocenters. The van der Waals surface area contributed by atoms with Crippen molar-refractivity contribution in [1.82, 2.24) is 0 Å². The molecule has 0 aliphatic carbocycles. The van der Waals surface area contributed by atoms with E-state index in [9.17, 15) is 20.4 Å². The van der Waals surface area contributed by atoms with Crippen LogP contribution in [0.2, 0.25) is 0 Å². The van der Waals surface area contributed by atoms with Crippen molar-refractivity contribution in [2.75, 3.05) is 13.2 Å². The predicted octanol–water partition coefficient (Wildman–Crippen LogP) is 3.26. The summed E-state index contributed by atoms with van der Waals surface area (Å²) in [4.78, 5) is 0. The fraction of sp³-hybridized carbons (Fsp3) is 1.00. The average Bonchev–Trinajstić information content (AvgIpc) is 2.47. The monoisotopic (exact) mass is 332 g/mol. The molecule has 0 heterocycles. The van der Waals surface area contributed by atoms with Gasteiger partial charge in [-0.05, 0) is 55.8 Å². The van der Waals surface area contributed by atoms with E-state index in [0.29, 0.717) is 0 Å². The Morgan fingerprint density at radius 1 is 0.609 bits per heavy atom. The zero-order chi connectivity index (χ0) is 17.9. The molecule has 4 nitrogen and oxygen atoms in total. The minimum Gasteiger partial charge on any atom is -0.396 e. The second kappa shape index (κ2) is 11.4. The van der Waals surface area contributed by atoms with Crippen LogP contribution >= 0.6 is 0 Å². The summed E-state index contributed by atoms with van der Waals surface area (Å²) in [6.45, 7) is 8.51. The van der Waals surface area contributed by atoms with E-state index in [1.54, 1.807) is 0 Å². The van der Waals surface area contributed by atoms with E-state index >= 15 is 0 Å². The molecular weight excluding hydrogens is 292 g/mol. The van der Waals surface area contributed by atoms with Gasteiger partial charge in [-0.25, -0.2) is 0 Å². The Labute approximate surface area is 142 Å². The fourth-order valence-corrected chi connectivity index (χ4v) is 2.67. The third kappa shape index (κ3) is 12.9. The molecule has 0 aromatic rings. The maximum atomic E-state index is 9.97. The molecule has 23 heavy (non-hydrogen) atoms. The number of hydrogen-bond donors (Lipinski definition) is 4. The first-order valence-electron chi connectivity index (χ1n) is 9.20. The Morgan fingerprint density at radius 3 is 1.22 bits per heavy atom. The molecule has 0 aromatic carbocycles. The number of rotatable bonds is 14. The normalized spacial score (nSPS) is 15.7. The zero-order valence-electron chi connectivity index (χ0n) is 15.7. The van der Waals surface area contributed by atoms with E-state index in [2.05, 4.69) is 0 Å². The summed E-state index contributed by atoms with van der Waals surface area (Å²) < 4.78 is 0. The molecule has 4 heteroatoms. The van der Waals surface area contributed by atoms with E-state index < -0.39 is 0 Å². The van der Waals surface area contributed by atoms with Crippen molar-refractivity contribution < 1.29 is 20.4 Å². The second-order valence-electron chi connectivity index (χ2n) is 8.67. The van der Waals surface area contributed by atoms with Crippen molar-refractivity contribution in [3.8, 4) is 0 Å². The maximum Gasteiger partial charge on any atom is 0.0540 e. The van der Waals surface area contributed by atoms with Crippen LogP contribution in [0, 0.1) is 10.8 Å². The topological polar surface area (TPSA) is 80.9 Å². The molecule has 0 bridgehead atoms. The van der Waals surface area contributed by atoms with Crippen molar-refractivity contribution >= 4 is 0 Å². The summed E-state index contributed by atoms with van der Waals surface area (Å²) in [7, 11) is 0. The fourth-order valence-electron chi connectivity index (χ4n) is 2.67. The highest BCUT2D eigenvalue weighted by atomic mass is 16.3. The standard InChI is InChI=1S/C19H40O4/c1-18(2,14-20)12-6-10-16(22)8-5-9-17(23)11-7-13-19(3,4)15-21/h16-17,20-23H,5-15H2,1-4H3/t16-,17+. The molecule has 0 spiro atoms. The largest absolute Gasteiger partial charge is 0.396 e. The molecule has 0 saturated carbocycles. The van der Waals surface area contributed by atoms with Gasteiger partial charge in [0.25, 0.3) is 0 Å². The van der Waals surface area contributed by atoms with E-state index in [1.807, 2.05) is 27.7 Å². The van der Waals surface area contributed by atoms with Crippen LogP contribution in [0.4, 0.5) is 0 Å². The Bertz CT molecular complexity index is 261. The Hall–Kier alpha value is -0.160. The highest BCUT2D eigenvalue weighted by Crippen LogP contribution is 2.24. The Balaban J connectivity index is 3.65. The van der Waals surface area contributed by atoms with Gasteiger partial charge >= 0.3 is 0 Å². The molecular formula is C19H40O4. The summed E-state index contributed by atoms with van der Waals surface area (Å²) in [6.07, 6.45) is 6.94. The summed E-state index contributed by atoms with van der Waals surface area (Å²) in [6, 6.07) is 0. The Kier molecular flexibility index (Phi) is 11.3. The van der Waals surface area contributed by atoms with Crippen LogP contribution in [-0.2, 0) is 0 Å². The van der Waals surface area contributed by atoms with E-state index in [1.165, 1.54) is 0 Å². The highest BCUT2D eigenvalue weighted by Gasteiger charge is 2.18. The van der Waals surface area contributed by atoms with Gasteiger partial charge in [0, 0.05) is 13.2 Å². The Morgan fingerprint density at radius 2 is 0.913 bits per heavy atom. The summed E-state index contributed by atoms with van der Waals surface area (Å²) in [5.41, 5.74) is -0.115. The smallest absolute Gasteiger partial charge is 0.0540 e. The number of aliphatic hydroxyl groups excluding tert-OH is 4. The van der Waals surface area contributed by atoms with Gasteiger partial charge in [-0.15, -0.1) is 0 Å². The minimum absolute atomic E-state index is 0.0573. The molecule has 0 rings (SSSR count). The molecule has 4 N–H and O–H groups in total. The van der Waals surface area contributed by atoms with Crippen molar-refractivity contribution in [2.45, 2.75) is 97.7 Å². The first-order valence-corrected chi connectivity index (χ1v) is 9.20. The first-order chi connectivity index (χ1) is 10.6. The van der Waals surface area contributed by atoms with E-state index in [4.69, 9.17) is 0 Å². The zero-order valence-corrected chi connectivity index (χ0v) is 15.7. The van der Waals surface area contributed by atoms with Gasteiger partial charge in [0.2, 0.25) is 0 Å². The van der Waals surface area contributed by atoms with Gasteiger partial charge in [-0.1, -0.05) is 40.5 Å². The van der Waals surface area contributed by atoms with Crippen LogP contribution in [0.3, 0.4) is 0 Å². The third-order valence-electron chi connectivity index (χ3n) is 4.71. The van der Waals surface area contributed by atoms with Crippen LogP contribution in [-0.4, -0.2) is 45.8 Å². The highest BCUT2D eigenvalue weighted by molar-refractivity contribution is 4.70. The van der Waals surface area contributed by atoms with Crippen LogP contribution < -0.4 is 0 Å². The van der Waals surface area contributed by atoms with E-state index in [0.717, 1.165) is 57.8 Å². The van der Waals surface area contributed by atoms with Crippen LogP contribution in [0.25, 0.3) is 0 Å². The minimum atomic E-state index is -0.301. The van der Waals surface area contributed by atoms with Gasteiger partial charge in [-0.3, -0.25) is 0 Å². The van der Waals surface area contributed by atoms with Crippen molar-refractivity contribution in [2.24, 2.45) is 10.8 Å². The molecule has 2 atom stereocenters. The van der Waals surface area contributed by atoms with E-state index in [-0.39, 0.29) is 36.3 Å². The average molecular weight is 333 g/mol. The van der Waals surface area contributed by atoms with Gasteiger partial charge in [0.05, 0.1) is 12.2 Å². The molecule has 140 valence electrons. The van der Waals surface area contributed by atoms with Gasteiger partial charge in [0.15, 0.2) is 0 Å². The lowest BCUT2D eigenvalue weighted by atomic mass is 9.87. The first kappa shape index (κ1) is 22.8. The maximum absolute atomic E-state index is 9.97. The van der Waals surface area contributed by atoms with Crippen LogP contribution in [0.5, 0.6) is 0 Å². The lowest BCUT2D eigenvalue weighted by Gasteiger charge is -2.22. The molecule has 0 saturated heterocycles. The van der Waals surface area contributed by atoms with Gasteiger partial charge in [0.1, 0.15) is 0 Å². The van der Waals surface area contributed by atoms with Gasteiger partial charge < -0.3 is 20.4 Å². The van der Waals surface area contributed by atoms with Crippen molar-refractivity contribution in [1.29, 1.82) is 0 Å². The van der Waals surface area contributed by atoms with Gasteiger partial charge in [-0.2, -0.15) is 0 Å². The second-order valence-corrected chi connectivity index (χ2v) is 8.67.